The van der Waals surface area contributed by atoms with Crippen molar-refractivity contribution in [3.05, 3.63) is 83.1 Å². The van der Waals surface area contributed by atoms with Gasteiger partial charge in [-0.25, -0.2) is 4.79 Å². The molecule has 0 amide bonds. The van der Waals surface area contributed by atoms with Crippen LogP contribution in [0.1, 0.15) is 30.4 Å². The van der Waals surface area contributed by atoms with Gasteiger partial charge in [-0.3, -0.25) is 4.99 Å². The van der Waals surface area contributed by atoms with E-state index in [2.05, 4.69) is 24.3 Å². The van der Waals surface area contributed by atoms with E-state index in [0.29, 0.717) is 0 Å². The average molecular weight is 317 g/mol. The molecule has 3 nitrogen and oxygen atoms in total. The predicted molar refractivity (Wildman–Crippen MR) is 93.8 cm³/mol. The number of hydrogen-bond donors (Lipinski definition) is 0. The molecule has 0 aromatic heterocycles. The second kappa shape index (κ2) is 5.75. The molecule has 0 aliphatic heterocycles. The van der Waals surface area contributed by atoms with E-state index in [4.69, 9.17) is 9.73 Å². The average Bonchev–Trinajstić information content (AvgIpc) is 3.42. The number of rotatable bonds is 4. The smallest absolute Gasteiger partial charge is 0.336 e. The van der Waals surface area contributed by atoms with Gasteiger partial charge in [-0.15, -0.1) is 0 Å². The lowest BCUT2D eigenvalue weighted by Crippen LogP contribution is -2.27. The van der Waals surface area contributed by atoms with Crippen LogP contribution in [0.15, 0.2) is 76.9 Å². The number of carbonyl (C=O) groups is 1. The molecule has 2 aromatic rings. The van der Waals surface area contributed by atoms with Gasteiger partial charge < -0.3 is 4.74 Å². The van der Waals surface area contributed by atoms with Crippen LogP contribution in [0.4, 0.5) is 0 Å². The Balaban J connectivity index is 1.83. The number of esters is 1. The van der Waals surface area contributed by atoms with E-state index in [9.17, 15) is 4.79 Å². The molecule has 120 valence electrons. The molecule has 0 heterocycles. The third-order valence-electron chi connectivity index (χ3n) is 4.91. The van der Waals surface area contributed by atoms with E-state index < -0.39 is 0 Å². The Morgan fingerprint density at radius 1 is 0.958 bits per heavy atom. The first-order chi connectivity index (χ1) is 11.7. The molecule has 24 heavy (non-hydrogen) atoms. The summed E-state index contributed by atoms with van der Waals surface area (Å²) in [5.74, 6) is -0.224. The van der Waals surface area contributed by atoms with Crippen molar-refractivity contribution in [3.8, 4) is 0 Å². The summed E-state index contributed by atoms with van der Waals surface area (Å²) in [5, 5.41) is 0. The van der Waals surface area contributed by atoms with Crippen LogP contribution >= 0.6 is 0 Å². The first kappa shape index (κ1) is 14.9. The Bertz CT molecular complexity index is 789. The second-order valence-corrected chi connectivity index (χ2v) is 6.46. The lowest BCUT2D eigenvalue weighted by molar-refractivity contribution is -0.137. The number of methoxy groups -OCH3 is 1. The van der Waals surface area contributed by atoms with Crippen LogP contribution in [0.25, 0.3) is 0 Å². The van der Waals surface area contributed by atoms with Crippen molar-refractivity contribution in [2.24, 2.45) is 10.4 Å². The number of aliphatic imine (C=N–C) groups is 1. The fraction of sp³-hybridized carbons (Fsp3) is 0.238. The fourth-order valence-corrected chi connectivity index (χ4v) is 3.43. The van der Waals surface area contributed by atoms with Crippen molar-refractivity contribution in [1.82, 2.24) is 0 Å². The standard InChI is InChI=1S/C21H19NO2/c1-24-20(23)18-17(14-21(18)12-13-21)22-19(15-8-4-2-5-9-15)16-10-6-3-7-11-16/h2-11H,12-14H2,1H3. The predicted octanol–water partition coefficient (Wildman–Crippen LogP) is 4.14. The minimum Gasteiger partial charge on any atom is -0.466 e. The van der Waals surface area contributed by atoms with Crippen molar-refractivity contribution >= 4 is 11.7 Å². The molecule has 4 rings (SSSR count). The van der Waals surface area contributed by atoms with Gasteiger partial charge >= 0.3 is 5.97 Å². The maximum atomic E-state index is 12.2. The van der Waals surface area contributed by atoms with E-state index >= 15 is 0 Å². The zero-order valence-electron chi connectivity index (χ0n) is 13.7. The monoisotopic (exact) mass is 317 g/mol. The van der Waals surface area contributed by atoms with Crippen molar-refractivity contribution in [2.75, 3.05) is 7.11 Å². The van der Waals surface area contributed by atoms with E-state index in [1.165, 1.54) is 7.11 Å². The molecule has 2 aromatic carbocycles. The van der Waals surface area contributed by atoms with E-state index in [-0.39, 0.29) is 11.4 Å². The normalized spacial score (nSPS) is 17.2. The molecular formula is C21H19NO2. The fourth-order valence-electron chi connectivity index (χ4n) is 3.43. The quantitative estimate of drug-likeness (QED) is 0.628. The van der Waals surface area contributed by atoms with Gasteiger partial charge in [0.25, 0.3) is 0 Å². The highest BCUT2D eigenvalue weighted by atomic mass is 16.5. The summed E-state index contributed by atoms with van der Waals surface area (Å²) in [4.78, 5) is 17.1. The van der Waals surface area contributed by atoms with Crippen molar-refractivity contribution < 1.29 is 9.53 Å². The Kier molecular flexibility index (Phi) is 3.57. The van der Waals surface area contributed by atoms with Gasteiger partial charge in [0.05, 0.1) is 24.1 Å². The van der Waals surface area contributed by atoms with Gasteiger partial charge in [-0.2, -0.15) is 0 Å². The van der Waals surface area contributed by atoms with Crippen LogP contribution in [-0.2, 0) is 9.53 Å². The lowest BCUT2D eigenvalue weighted by Gasteiger charge is -2.30. The molecule has 0 N–H and O–H groups in total. The molecule has 2 aliphatic carbocycles. The third kappa shape index (κ3) is 2.46. The maximum absolute atomic E-state index is 12.2. The molecule has 0 bridgehead atoms. The van der Waals surface area contributed by atoms with Crippen LogP contribution in [-0.4, -0.2) is 18.8 Å². The van der Waals surface area contributed by atoms with Crippen LogP contribution in [0.2, 0.25) is 0 Å². The Hall–Kier alpha value is -2.68. The van der Waals surface area contributed by atoms with Crippen molar-refractivity contribution in [1.29, 1.82) is 0 Å². The van der Waals surface area contributed by atoms with Crippen molar-refractivity contribution in [2.45, 2.75) is 19.3 Å². The number of ether oxygens (including phenoxy) is 1. The van der Waals surface area contributed by atoms with Crippen LogP contribution in [0.5, 0.6) is 0 Å². The molecule has 3 heteroatoms. The SMILES string of the molecule is COC(=O)C1=C(N=C(c2ccccc2)c2ccccc2)CC12CC2. The van der Waals surface area contributed by atoms with Gasteiger partial charge in [0.15, 0.2) is 0 Å². The van der Waals surface area contributed by atoms with Crippen LogP contribution in [0.3, 0.4) is 0 Å². The zero-order valence-corrected chi connectivity index (χ0v) is 13.7. The highest BCUT2D eigenvalue weighted by molar-refractivity contribution is 6.13. The minimum atomic E-state index is -0.224. The van der Waals surface area contributed by atoms with Gasteiger partial charge in [-0.05, 0) is 12.8 Å². The molecule has 0 unspecified atom stereocenters. The van der Waals surface area contributed by atoms with Gasteiger partial charge in [0.2, 0.25) is 0 Å². The van der Waals surface area contributed by atoms with Gasteiger partial charge in [-0.1, -0.05) is 60.7 Å². The molecule has 0 radical (unpaired) electrons. The molecule has 0 atom stereocenters. The largest absolute Gasteiger partial charge is 0.466 e. The molecule has 1 saturated carbocycles. The van der Waals surface area contributed by atoms with Crippen LogP contribution < -0.4 is 0 Å². The summed E-state index contributed by atoms with van der Waals surface area (Å²) in [6, 6.07) is 20.2. The summed E-state index contributed by atoms with van der Waals surface area (Å²) in [6.45, 7) is 0. The zero-order chi connectivity index (χ0) is 16.6. The molecule has 1 spiro atoms. The second-order valence-electron chi connectivity index (χ2n) is 6.46. The summed E-state index contributed by atoms with van der Waals surface area (Å²) >= 11 is 0. The molecule has 2 aliphatic rings. The highest BCUT2D eigenvalue weighted by Crippen LogP contribution is 2.64. The maximum Gasteiger partial charge on any atom is 0.336 e. The van der Waals surface area contributed by atoms with Crippen molar-refractivity contribution in [3.63, 3.8) is 0 Å². The topological polar surface area (TPSA) is 38.7 Å². The highest BCUT2D eigenvalue weighted by Gasteiger charge is 2.57. The van der Waals surface area contributed by atoms with E-state index in [0.717, 1.165) is 47.4 Å². The number of benzene rings is 2. The first-order valence-corrected chi connectivity index (χ1v) is 8.25. The number of nitrogens with zero attached hydrogens (tertiary/aromatic N) is 1. The summed E-state index contributed by atoms with van der Waals surface area (Å²) < 4.78 is 4.99. The number of carbonyl (C=O) groups excluding carboxylic acids is 1. The first-order valence-electron chi connectivity index (χ1n) is 8.25. The molecular weight excluding hydrogens is 298 g/mol. The summed E-state index contributed by atoms with van der Waals surface area (Å²) in [5.41, 5.74) is 4.73. The van der Waals surface area contributed by atoms with Crippen LogP contribution in [0, 0.1) is 5.41 Å². The molecule has 0 saturated heterocycles. The Morgan fingerprint density at radius 2 is 1.50 bits per heavy atom. The van der Waals surface area contributed by atoms with E-state index in [1.807, 2.05) is 36.4 Å². The number of allylic oxidation sites excluding steroid dienone is 1. The summed E-state index contributed by atoms with van der Waals surface area (Å²) in [6.07, 6.45) is 3.02. The third-order valence-corrected chi connectivity index (χ3v) is 4.91. The lowest BCUT2D eigenvalue weighted by atomic mass is 9.78. The number of hydrogen-bond acceptors (Lipinski definition) is 3. The summed E-state index contributed by atoms with van der Waals surface area (Å²) in [7, 11) is 1.44. The van der Waals surface area contributed by atoms with E-state index in [1.54, 1.807) is 0 Å². The van der Waals surface area contributed by atoms with Gasteiger partial charge in [0, 0.05) is 23.0 Å². The molecule has 1 fully saturated rings. The minimum absolute atomic E-state index is 0.0599. The Labute approximate surface area is 141 Å². The van der Waals surface area contributed by atoms with Gasteiger partial charge in [0.1, 0.15) is 0 Å². The Morgan fingerprint density at radius 3 is 1.96 bits per heavy atom.